The molecule has 31 heavy (non-hydrogen) atoms. The summed E-state index contributed by atoms with van der Waals surface area (Å²) in [5.74, 6) is -0.699. The van der Waals surface area contributed by atoms with Crippen molar-refractivity contribution >= 4 is 11.8 Å². The van der Waals surface area contributed by atoms with Gasteiger partial charge in [0.15, 0.2) is 5.76 Å². The Morgan fingerprint density at radius 2 is 1.81 bits per heavy atom. The van der Waals surface area contributed by atoms with Gasteiger partial charge in [-0.25, -0.2) is 4.79 Å². The second-order valence-corrected chi connectivity index (χ2v) is 9.86. The van der Waals surface area contributed by atoms with Crippen LogP contribution in [-0.4, -0.2) is 23.0 Å². The minimum atomic E-state index is -0.484. The molecule has 4 nitrogen and oxygen atoms in total. The molecule has 0 unspecified atom stereocenters. The fraction of sp³-hybridized carbons (Fsp3) is 0.407. The van der Waals surface area contributed by atoms with Gasteiger partial charge >= 0.3 is 5.97 Å². The Bertz CT molecular complexity index is 1070. The largest absolute Gasteiger partial charge is 0.504 e. The van der Waals surface area contributed by atoms with Crippen molar-refractivity contribution in [1.29, 1.82) is 0 Å². The third-order valence-electron chi connectivity index (χ3n) is 7.18. The van der Waals surface area contributed by atoms with E-state index in [0.29, 0.717) is 29.6 Å². The van der Waals surface area contributed by atoms with Crippen molar-refractivity contribution in [2.24, 2.45) is 16.7 Å². The number of rotatable bonds is 3. The van der Waals surface area contributed by atoms with Gasteiger partial charge in [0.05, 0.1) is 5.56 Å². The number of esters is 1. The van der Waals surface area contributed by atoms with Crippen LogP contribution in [0.15, 0.2) is 76.6 Å². The maximum atomic E-state index is 12.9. The lowest BCUT2D eigenvalue weighted by Crippen LogP contribution is -2.48. The number of allylic oxidation sites excluding steroid dienone is 6. The van der Waals surface area contributed by atoms with Crippen LogP contribution in [0.2, 0.25) is 0 Å². The fourth-order valence-corrected chi connectivity index (χ4v) is 5.44. The predicted octanol–water partition coefficient (Wildman–Crippen LogP) is 5.88. The van der Waals surface area contributed by atoms with Crippen molar-refractivity contribution < 1.29 is 19.4 Å². The number of aliphatic hydroxyl groups is 1. The Morgan fingerprint density at radius 3 is 2.45 bits per heavy atom. The Balaban J connectivity index is 1.71. The van der Waals surface area contributed by atoms with Crippen molar-refractivity contribution in [3.05, 3.63) is 82.2 Å². The van der Waals surface area contributed by atoms with Crippen LogP contribution in [-0.2, 0) is 9.53 Å². The van der Waals surface area contributed by atoms with Gasteiger partial charge in [-0.1, -0.05) is 70.5 Å². The zero-order valence-electron chi connectivity index (χ0n) is 18.9. The molecule has 0 bridgehead atoms. The van der Waals surface area contributed by atoms with Crippen molar-refractivity contribution in [1.82, 2.24) is 0 Å². The van der Waals surface area contributed by atoms with Crippen LogP contribution in [0.5, 0.6) is 0 Å². The standard InChI is InChI=1S/C27H30O4/c1-16(2)19-15-18-11-12-20-26(3,4)21(31-25(30)17-9-7-6-8-10-17)13-14-27(20,5)22(18)24(29)23(19)28/h6-12,15-16,21,29H,13-14H2,1-5H3/t21-,27-/m0/s1. The highest BCUT2D eigenvalue weighted by atomic mass is 16.5. The van der Waals surface area contributed by atoms with Gasteiger partial charge in [-0.15, -0.1) is 0 Å². The highest BCUT2D eigenvalue weighted by Gasteiger charge is 2.53. The van der Waals surface area contributed by atoms with E-state index >= 15 is 0 Å². The van der Waals surface area contributed by atoms with Crippen LogP contribution < -0.4 is 0 Å². The summed E-state index contributed by atoms with van der Waals surface area (Å²) < 4.78 is 5.96. The van der Waals surface area contributed by atoms with Crippen molar-refractivity contribution in [3.8, 4) is 0 Å². The van der Waals surface area contributed by atoms with Crippen LogP contribution in [0.25, 0.3) is 0 Å². The van der Waals surface area contributed by atoms with Gasteiger partial charge in [-0.05, 0) is 42.5 Å². The molecule has 1 aromatic carbocycles. The Hall–Kier alpha value is -2.88. The summed E-state index contributed by atoms with van der Waals surface area (Å²) in [5, 5.41) is 11.0. The number of fused-ring (bicyclic) bond motifs is 3. The molecule has 1 saturated carbocycles. The quantitative estimate of drug-likeness (QED) is 0.623. The first-order valence-corrected chi connectivity index (χ1v) is 11.0. The fourth-order valence-electron chi connectivity index (χ4n) is 5.44. The second kappa shape index (κ2) is 7.37. The van der Waals surface area contributed by atoms with E-state index in [1.807, 2.05) is 44.2 Å². The molecule has 4 rings (SSSR count). The first kappa shape index (κ1) is 21.4. The normalized spacial score (nSPS) is 27.1. The number of hydrogen-bond donors (Lipinski definition) is 1. The SMILES string of the molecule is CC(C)C1=CC2=CC=C3C(C)(C)[C@@H](OC(=O)c4ccccc4)CC[C@]3(C)C2=C(O)C1=O. The molecule has 0 saturated heterocycles. The molecule has 0 amide bonds. The number of benzene rings is 1. The highest BCUT2D eigenvalue weighted by molar-refractivity contribution is 6.10. The highest BCUT2D eigenvalue weighted by Crippen LogP contribution is 2.59. The number of hydrogen-bond acceptors (Lipinski definition) is 4. The van der Waals surface area contributed by atoms with Gasteiger partial charge in [0, 0.05) is 22.0 Å². The maximum absolute atomic E-state index is 12.9. The molecule has 1 fully saturated rings. The lowest BCUT2D eigenvalue weighted by atomic mass is 9.53. The van der Waals surface area contributed by atoms with E-state index in [2.05, 4.69) is 26.8 Å². The van der Waals surface area contributed by atoms with Gasteiger partial charge in [-0.2, -0.15) is 0 Å². The number of ether oxygens (including phenoxy) is 1. The number of carbonyl (C=O) groups excluding carboxylic acids is 2. The minimum absolute atomic E-state index is 0.0415. The minimum Gasteiger partial charge on any atom is -0.504 e. The molecule has 3 aliphatic carbocycles. The summed E-state index contributed by atoms with van der Waals surface area (Å²) in [6.07, 6.45) is 7.05. The summed E-state index contributed by atoms with van der Waals surface area (Å²) in [5.41, 5.74) is 2.94. The Morgan fingerprint density at radius 1 is 1.13 bits per heavy atom. The molecule has 3 aliphatic rings. The predicted molar refractivity (Wildman–Crippen MR) is 121 cm³/mol. The van der Waals surface area contributed by atoms with Crippen LogP contribution in [0.3, 0.4) is 0 Å². The van der Waals surface area contributed by atoms with E-state index in [1.165, 1.54) is 0 Å². The number of Topliss-reactive ketones (excluding diaryl/α,β-unsaturated/α-hetero) is 1. The van der Waals surface area contributed by atoms with E-state index in [9.17, 15) is 14.7 Å². The van der Waals surface area contributed by atoms with Crippen LogP contribution in [0.4, 0.5) is 0 Å². The first-order chi connectivity index (χ1) is 14.6. The smallest absolute Gasteiger partial charge is 0.338 e. The zero-order chi connectivity index (χ0) is 22.6. The van der Waals surface area contributed by atoms with Crippen molar-refractivity contribution in [3.63, 3.8) is 0 Å². The summed E-state index contributed by atoms with van der Waals surface area (Å²) in [4.78, 5) is 25.6. The van der Waals surface area contributed by atoms with Gasteiger partial charge in [-0.3, -0.25) is 4.79 Å². The Labute approximate surface area is 184 Å². The molecule has 0 aliphatic heterocycles. The average Bonchev–Trinajstić information content (AvgIpc) is 2.72. The molecule has 2 atom stereocenters. The van der Waals surface area contributed by atoms with E-state index in [4.69, 9.17) is 4.74 Å². The maximum Gasteiger partial charge on any atom is 0.338 e. The molecule has 1 N–H and O–H groups in total. The van der Waals surface area contributed by atoms with Crippen LogP contribution >= 0.6 is 0 Å². The summed E-state index contributed by atoms with van der Waals surface area (Å²) in [6.45, 7) is 10.2. The number of ketones is 1. The monoisotopic (exact) mass is 418 g/mol. The van der Waals surface area contributed by atoms with E-state index in [1.54, 1.807) is 12.1 Å². The molecule has 0 aromatic heterocycles. The second-order valence-electron chi connectivity index (χ2n) is 9.86. The van der Waals surface area contributed by atoms with Crippen molar-refractivity contribution in [2.45, 2.75) is 53.6 Å². The molecule has 1 aromatic rings. The number of carbonyl (C=O) groups is 2. The van der Waals surface area contributed by atoms with Gasteiger partial charge in [0.1, 0.15) is 6.10 Å². The van der Waals surface area contributed by atoms with Gasteiger partial charge < -0.3 is 9.84 Å². The third-order valence-corrected chi connectivity index (χ3v) is 7.18. The third kappa shape index (κ3) is 3.29. The number of aliphatic hydroxyl groups excluding tert-OH is 1. The summed E-state index contributed by atoms with van der Waals surface area (Å²) in [6, 6.07) is 9.03. The van der Waals surface area contributed by atoms with Crippen molar-refractivity contribution in [2.75, 3.05) is 0 Å². The molecule has 0 spiro atoms. The average molecular weight is 419 g/mol. The lowest BCUT2D eigenvalue weighted by molar-refractivity contribution is -0.115. The topological polar surface area (TPSA) is 63.6 Å². The van der Waals surface area contributed by atoms with Crippen LogP contribution in [0.1, 0.15) is 57.8 Å². The molecule has 4 heteroatoms. The van der Waals surface area contributed by atoms with Crippen LogP contribution in [0, 0.1) is 16.7 Å². The van der Waals surface area contributed by atoms with Gasteiger partial charge in [0.2, 0.25) is 5.78 Å². The first-order valence-electron chi connectivity index (χ1n) is 11.0. The molecular formula is C27H30O4. The zero-order valence-corrected chi connectivity index (χ0v) is 18.9. The lowest BCUT2D eigenvalue weighted by Gasteiger charge is -2.52. The van der Waals surface area contributed by atoms with E-state index in [0.717, 1.165) is 11.1 Å². The molecule has 0 heterocycles. The molecule has 162 valence electrons. The van der Waals surface area contributed by atoms with E-state index in [-0.39, 0.29) is 29.5 Å². The Kier molecular flexibility index (Phi) is 5.07. The molecule has 0 radical (unpaired) electrons. The van der Waals surface area contributed by atoms with Gasteiger partial charge in [0.25, 0.3) is 0 Å². The van der Waals surface area contributed by atoms with E-state index < -0.39 is 10.8 Å². The molecular weight excluding hydrogens is 388 g/mol. The summed E-state index contributed by atoms with van der Waals surface area (Å²) in [7, 11) is 0. The summed E-state index contributed by atoms with van der Waals surface area (Å²) >= 11 is 0.